The third-order valence-electron chi connectivity index (χ3n) is 4.76. The predicted octanol–water partition coefficient (Wildman–Crippen LogP) is 3.60. The molecule has 0 fully saturated rings. The summed E-state index contributed by atoms with van der Waals surface area (Å²) >= 11 is 0. The van der Waals surface area contributed by atoms with Crippen molar-refractivity contribution in [1.82, 2.24) is 10.9 Å². The van der Waals surface area contributed by atoms with Crippen molar-refractivity contribution in [2.75, 3.05) is 13.2 Å². The van der Waals surface area contributed by atoms with Crippen LogP contribution in [-0.4, -0.2) is 31.0 Å². The van der Waals surface area contributed by atoms with Gasteiger partial charge in [0, 0.05) is 6.42 Å². The molecular weight excluding hydrogens is 408 g/mol. The normalized spacial score (nSPS) is 10.5. The van der Waals surface area contributed by atoms with Crippen LogP contribution in [0, 0.1) is 6.92 Å². The summed E-state index contributed by atoms with van der Waals surface area (Å²) in [5.41, 5.74) is 7.81. The van der Waals surface area contributed by atoms with E-state index in [-0.39, 0.29) is 25.4 Å². The van der Waals surface area contributed by atoms with E-state index >= 15 is 0 Å². The molecule has 0 aliphatic heterocycles. The second-order valence-electron chi connectivity index (χ2n) is 7.89. The minimum atomic E-state index is -0.488. The maximum Gasteiger partial charge on any atom is 0.306 e. The summed E-state index contributed by atoms with van der Waals surface area (Å²) in [6, 6.07) is 15.8. The van der Waals surface area contributed by atoms with Crippen molar-refractivity contribution in [2.45, 2.75) is 52.4 Å². The second-order valence-corrected chi connectivity index (χ2v) is 7.89. The Balaban J connectivity index is 1.59. The number of aryl methyl sites for hydroxylation is 2. The Kier molecular flexibility index (Phi) is 10.2. The van der Waals surface area contributed by atoms with Gasteiger partial charge in [-0.2, -0.15) is 0 Å². The fraction of sp³-hybridized carbons (Fsp3) is 0.400. The Bertz CT molecular complexity index is 896. The number of carbonyl (C=O) groups excluding carboxylic acids is 3. The number of hydrogen-bond donors (Lipinski definition) is 2. The van der Waals surface area contributed by atoms with Crippen LogP contribution < -0.4 is 15.6 Å². The van der Waals surface area contributed by atoms with Crippen LogP contribution in [0.4, 0.5) is 0 Å². The van der Waals surface area contributed by atoms with E-state index in [0.717, 1.165) is 24.0 Å². The van der Waals surface area contributed by atoms with Gasteiger partial charge in [0.2, 0.25) is 5.91 Å². The first kappa shape index (κ1) is 24.9. The lowest BCUT2D eigenvalue weighted by atomic mass is 10.0. The van der Waals surface area contributed by atoms with E-state index in [1.54, 1.807) is 0 Å². The molecule has 0 saturated carbocycles. The zero-order valence-corrected chi connectivity index (χ0v) is 19.0. The van der Waals surface area contributed by atoms with Crippen LogP contribution in [0.15, 0.2) is 48.5 Å². The maximum absolute atomic E-state index is 12.0. The summed E-state index contributed by atoms with van der Waals surface area (Å²) < 4.78 is 10.8. The van der Waals surface area contributed by atoms with E-state index in [9.17, 15) is 14.4 Å². The number of hydrazine groups is 1. The van der Waals surface area contributed by atoms with Crippen molar-refractivity contribution in [3.05, 3.63) is 65.2 Å². The largest absolute Gasteiger partial charge is 0.483 e. The van der Waals surface area contributed by atoms with Crippen LogP contribution >= 0.6 is 0 Å². The quantitative estimate of drug-likeness (QED) is 0.316. The van der Waals surface area contributed by atoms with E-state index in [2.05, 4.69) is 10.9 Å². The summed E-state index contributed by atoms with van der Waals surface area (Å²) in [6.45, 7) is 6.12. The average molecular weight is 441 g/mol. The van der Waals surface area contributed by atoms with Crippen LogP contribution in [-0.2, 0) is 25.5 Å². The molecule has 2 N–H and O–H groups in total. The Morgan fingerprint density at radius 1 is 0.938 bits per heavy atom. The molecule has 0 heterocycles. The Hall–Kier alpha value is -3.35. The fourth-order valence-electron chi connectivity index (χ4n) is 3.02. The lowest BCUT2D eigenvalue weighted by Gasteiger charge is -2.15. The van der Waals surface area contributed by atoms with Gasteiger partial charge in [-0.25, -0.2) is 0 Å². The number of nitrogens with one attached hydrogen (secondary N) is 2. The number of esters is 1. The highest BCUT2D eigenvalue weighted by molar-refractivity contribution is 5.84. The molecule has 2 amide bonds. The molecule has 0 unspecified atom stereocenters. The summed E-state index contributed by atoms with van der Waals surface area (Å²) in [6.07, 6.45) is 1.42. The summed E-state index contributed by atoms with van der Waals surface area (Å²) in [5.74, 6) is -0.498. The monoisotopic (exact) mass is 440 g/mol. The average Bonchev–Trinajstić information content (AvgIpc) is 2.78. The Labute approximate surface area is 189 Å². The summed E-state index contributed by atoms with van der Waals surface area (Å²) in [4.78, 5) is 35.6. The van der Waals surface area contributed by atoms with E-state index in [4.69, 9.17) is 9.47 Å². The molecule has 0 radical (unpaired) electrons. The van der Waals surface area contributed by atoms with Gasteiger partial charge in [0.15, 0.2) is 6.61 Å². The van der Waals surface area contributed by atoms with Crippen molar-refractivity contribution in [1.29, 1.82) is 0 Å². The molecule has 172 valence electrons. The lowest BCUT2D eigenvalue weighted by molar-refractivity contribution is -0.145. The molecule has 0 aliphatic rings. The van der Waals surface area contributed by atoms with E-state index in [1.807, 2.05) is 69.3 Å². The number of hydrogen-bond acceptors (Lipinski definition) is 5. The minimum Gasteiger partial charge on any atom is -0.483 e. The molecule has 32 heavy (non-hydrogen) atoms. The van der Waals surface area contributed by atoms with Gasteiger partial charge in [0.1, 0.15) is 5.75 Å². The number of ether oxygens (including phenoxy) is 2. The van der Waals surface area contributed by atoms with Crippen LogP contribution in [0.5, 0.6) is 5.75 Å². The van der Waals surface area contributed by atoms with E-state index < -0.39 is 17.8 Å². The van der Waals surface area contributed by atoms with Crippen molar-refractivity contribution in [2.24, 2.45) is 0 Å². The Morgan fingerprint density at radius 2 is 1.66 bits per heavy atom. The molecule has 0 saturated heterocycles. The Morgan fingerprint density at radius 3 is 2.38 bits per heavy atom. The van der Waals surface area contributed by atoms with Gasteiger partial charge in [0.25, 0.3) is 5.91 Å². The highest BCUT2D eigenvalue weighted by Crippen LogP contribution is 2.27. The van der Waals surface area contributed by atoms with Gasteiger partial charge in [-0.05, 0) is 48.4 Å². The number of carbonyl (C=O) groups is 3. The standard InChI is InChI=1S/C25H32N2O5/c1-18(2)21-12-11-19(3)16-22(21)32-17-24(29)27-26-23(28)13-14-25(30)31-15-7-10-20-8-5-4-6-9-20/h4-6,8-9,11-12,16,18H,7,10,13-15,17H2,1-3H3,(H,26,28)(H,27,29). The molecule has 2 rings (SSSR count). The van der Waals surface area contributed by atoms with Crippen molar-refractivity contribution >= 4 is 17.8 Å². The molecule has 7 heteroatoms. The lowest BCUT2D eigenvalue weighted by Crippen LogP contribution is -2.44. The highest BCUT2D eigenvalue weighted by atomic mass is 16.5. The van der Waals surface area contributed by atoms with Gasteiger partial charge in [0.05, 0.1) is 13.0 Å². The third kappa shape index (κ3) is 9.20. The van der Waals surface area contributed by atoms with Gasteiger partial charge >= 0.3 is 5.97 Å². The molecule has 2 aromatic rings. The first-order chi connectivity index (χ1) is 15.3. The molecule has 7 nitrogen and oxygen atoms in total. The van der Waals surface area contributed by atoms with E-state index in [0.29, 0.717) is 12.4 Å². The third-order valence-corrected chi connectivity index (χ3v) is 4.76. The van der Waals surface area contributed by atoms with E-state index in [1.165, 1.54) is 5.56 Å². The van der Waals surface area contributed by atoms with Gasteiger partial charge < -0.3 is 9.47 Å². The zero-order valence-electron chi connectivity index (χ0n) is 19.0. The van der Waals surface area contributed by atoms with Crippen LogP contribution in [0.25, 0.3) is 0 Å². The zero-order chi connectivity index (χ0) is 23.3. The molecule has 2 aromatic carbocycles. The summed E-state index contributed by atoms with van der Waals surface area (Å²) in [7, 11) is 0. The fourth-order valence-corrected chi connectivity index (χ4v) is 3.02. The molecular formula is C25H32N2O5. The van der Waals surface area contributed by atoms with Gasteiger partial charge in [-0.1, -0.05) is 56.3 Å². The van der Waals surface area contributed by atoms with Crippen LogP contribution in [0.1, 0.15) is 55.7 Å². The number of benzene rings is 2. The molecule has 0 atom stereocenters. The van der Waals surface area contributed by atoms with Crippen molar-refractivity contribution in [3.8, 4) is 5.75 Å². The smallest absolute Gasteiger partial charge is 0.306 e. The van der Waals surface area contributed by atoms with Gasteiger partial charge in [-0.3, -0.25) is 25.2 Å². The second kappa shape index (κ2) is 13.1. The highest BCUT2D eigenvalue weighted by Gasteiger charge is 2.12. The topological polar surface area (TPSA) is 93.7 Å². The molecule has 0 bridgehead atoms. The SMILES string of the molecule is Cc1ccc(C(C)C)c(OCC(=O)NNC(=O)CCC(=O)OCCCc2ccccc2)c1. The molecule has 0 aromatic heterocycles. The minimum absolute atomic E-state index is 0.0510. The first-order valence-corrected chi connectivity index (χ1v) is 10.9. The number of amides is 2. The van der Waals surface area contributed by atoms with Crippen molar-refractivity contribution < 1.29 is 23.9 Å². The van der Waals surface area contributed by atoms with Crippen LogP contribution in [0.2, 0.25) is 0 Å². The van der Waals surface area contributed by atoms with Crippen LogP contribution in [0.3, 0.4) is 0 Å². The first-order valence-electron chi connectivity index (χ1n) is 10.9. The van der Waals surface area contributed by atoms with Gasteiger partial charge in [-0.15, -0.1) is 0 Å². The molecule has 0 aliphatic carbocycles. The van der Waals surface area contributed by atoms with Crippen molar-refractivity contribution in [3.63, 3.8) is 0 Å². The summed E-state index contributed by atoms with van der Waals surface area (Å²) in [5, 5.41) is 0. The predicted molar refractivity (Wildman–Crippen MR) is 122 cm³/mol. The maximum atomic E-state index is 12.0. The molecule has 0 spiro atoms. The number of rotatable bonds is 11.